The topological polar surface area (TPSA) is 12.4 Å². The highest BCUT2D eigenvalue weighted by molar-refractivity contribution is 9.11. The van der Waals surface area contributed by atoms with Gasteiger partial charge in [0, 0.05) is 6.21 Å². The van der Waals surface area contributed by atoms with Crippen molar-refractivity contribution in [2.75, 3.05) is 6.54 Å². The van der Waals surface area contributed by atoms with Gasteiger partial charge in [-0.05, 0) is 6.08 Å². The Kier molecular flexibility index (Phi) is 1.63. The number of hydrogen-bond donors (Lipinski definition) is 0. The highest BCUT2D eigenvalue weighted by Gasteiger charge is 1.97. The molecule has 0 spiro atoms. The number of allylic oxidation sites excluding steroid dienone is 1. The summed E-state index contributed by atoms with van der Waals surface area (Å²) in [7, 11) is 0. The van der Waals surface area contributed by atoms with Crippen LogP contribution in [0.3, 0.4) is 0 Å². The minimum atomic E-state index is 0.802. The highest BCUT2D eigenvalue weighted by atomic mass is 79.9. The van der Waals surface area contributed by atoms with Crippen LogP contribution in [0, 0.1) is 4.83 Å². The number of aliphatic imine (C=N–C) groups is 1. The molecule has 1 aliphatic heterocycles. The van der Waals surface area contributed by atoms with Gasteiger partial charge in [-0.25, -0.2) is 0 Å². The van der Waals surface area contributed by atoms with Crippen LogP contribution in [0.15, 0.2) is 17.1 Å². The monoisotopic (exact) mass is 158 g/mol. The molecule has 0 bridgehead atoms. The van der Waals surface area contributed by atoms with E-state index >= 15 is 0 Å². The minimum absolute atomic E-state index is 0.802. The fourth-order valence-electron chi connectivity index (χ4n) is 0.401. The van der Waals surface area contributed by atoms with Gasteiger partial charge in [0.25, 0.3) is 0 Å². The molecule has 0 atom stereocenters. The molecule has 0 aromatic rings. The summed E-state index contributed by atoms with van der Waals surface area (Å²) in [6.45, 7) is 0.802. The van der Waals surface area contributed by atoms with E-state index in [1.165, 1.54) is 0 Å². The van der Waals surface area contributed by atoms with Crippen LogP contribution in [0.4, 0.5) is 0 Å². The third-order valence-corrected chi connectivity index (χ3v) is 1.23. The summed E-state index contributed by atoms with van der Waals surface area (Å²) < 4.78 is 0. The maximum atomic E-state index is 3.96. The molecule has 0 aromatic carbocycles. The summed E-state index contributed by atoms with van der Waals surface area (Å²) in [6, 6.07) is 0. The van der Waals surface area contributed by atoms with Gasteiger partial charge in [0.1, 0.15) is 0 Å². The summed E-state index contributed by atoms with van der Waals surface area (Å²) in [5.41, 5.74) is 0. The van der Waals surface area contributed by atoms with Crippen LogP contribution in [-0.4, -0.2) is 12.8 Å². The smallest absolute Gasteiger partial charge is 0.0841 e. The summed E-state index contributed by atoms with van der Waals surface area (Å²) in [5, 5.41) is 0. The van der Waals surface area contributed by atoms with Gasteiger partial charge in [-0.2, -0.15) is 0 Å². The van der Waals surface area contributed by atoms with E-state index in [0.29, 0.717) is 0 Å². The first-order valence-corrected chi connectivity index (χ1v) is 2.87. The molecule has 1 nitrogen and oxygen atoms in total. The molecule has 0 fully saturated rings. The zero-order valence-electron chi connectivity index (χ0n) is 3.76. The third kappa shape index (κ3) is 1.43. The van der Waals surface area contributed by atoms with Crippen molar-refractivity contribution < 1.29 is 0 Å². The lowest BCUT2D eigenvalue weighted by Crippen LogP contribution is -1.91. The van der Waals surface area contributed by atoms with Crippen molar-refractivity contribution in [1.82, 2.24) is 0 Å². The average Bonchev–Trinajstić information content (AvgIpc) is 1.69. The molecule has 1 aliphatic rings. The molecule has 37 valence electrons. The van der Waals surface area contributed by atoms with Crippen molar-refractivity contribution in [2.24, 2.45) is 4.99 Å². The fraction of sp³-hybridized carbons (Fsp3) is 0.200. The standard InChI is InChI=1S/C5H5BrN/c6-5-2-1-3-7-4-5/h1-3H,4H2. The number of halogens is 1. The fourth-order valence-corrected chi connectivity index (χ4v) is 0.698. The molecule has 0 amide bonds. The van der Waals surface area contributed by atoms with Crippen LogP contribution in [0.1, 0.15) is 0 Å². The van der Waals surface area contributed by atoms with Crippen LogP contribution in [0.5, 0.6) is 0 Å². The molecule has 0 aliphatic carbocycles. The number of hydrogen-bond acceptors (Lipinski definition) is 1. The number of dihydropyridines is 1. The van der Waals surface area contributed by atoms with E-state index in [9.17, 15) is 0 Å². The van der Waals surface area contributed by atoms with E-state index < -0.39 is 0 Å². The van der Waals surface area contributed by atoms with Crippen molar-refractivity contribution in [3.05, 3.63) is 17.0 Å². The second-order valence-electron chi connectivity index (χ2n) is 1.30. The molecule has 1 rings (SSSR count). The Labute approximate surface area is 51.3 Å². The van der Waals surface area contributed by atoms with Crippen LogP contribution in [0.2, 0.25) is 0 Å². The van der Waals surface area contributed by atoms with Crippen LogP contribution in [-0.2, 0) is 0 Å². The Morgan fingerprint density at radius 3 is 2.86 bits per heavy atom. The Morgan fingerprint density at radius 2 is 2.57 bits per heavy atom. The SMILES string of the molecule is Br[C]1C=CC=NC1. The molecule has 0 aromatic heterocycles. The predicted octanol–water partition coefficient (Wildman–Crippen LogP) is 1.55. The normalized spacial score (nSPS) is 20.7. The summed E-state index contributed by atoms with van der Waals surface area (Å²) in [5.74, 6) is 0. The van der Waals surface area contributed by atoms with E-state index in [1.54, 1.807) is 6.21 Å². The van der Waals surface area contributed by atoms with Crippen LogP contribution in [0.25, 0.3) is 0 Å². The molecule has 0 saturated heterocycles. The van der Waals surface area contributed by atoms with Crippen molar-refractivity contribution in [3.63, 3.8) is 0 Å². The molecule has 2 heteroatoms. The first kappa shape index (κ1) is 5.04. The first-order valence-electron chi connectivity index (χ1n) is 2.07. The Bertz CT molecular complexity index is 107. The summed E-state index contributed by atoms with van der Waals surface area (Å²) >= 11 is 3.30. The first-order chi connectivity index (χ1) is 3.39. The third-order valence-electron chi connectivity index (χ3n) is 0.711. The van der Waals surface area contributed by atoms with Gasteiger partial charge in [-0.1, -0.05) is 22.0 Å². The minimum Gasteiger partial charge on any atom is -0.291 e. The number of rotatable bonds is 0. The second kappa shape index (κ2) is 2.26. The summed E-state index contributed by atoms with van der Waals surface area (Å²) in [4.78, 5) is 5.11. The van der Waals surface area contributed by atoms with Gasteiger partial charge in [-0.3, -0.25) is 4.99 Å². The quantitative estimate of drug-likeness (QED) is 0.508. The molecule has 0 unspecified atom stereocenters. The van der Waals surface area contributed by atoms with Gasteiger partial charge in [0.15, 0.2) is 0 Å². The number of nitrogens with zero attached hydrogens (tertiary/aromatic N) is 1. The van der Waals surface area contributed by atoms with E-state index in [1.807, 2.05) is 12.2 Å². The Balaban J connectivity index is 2.49. The van der Waals surface area contributed by atoms with Gasteiger partial charge >= 0.3 is 0 Å². The van der Waals surface area contributed by atoms with Gasteiger partial charge in [0.2, 0.25) is 0 Å². The van der Waals surface area contributed by atoms with Gasteiger partial charge < -0.3 is 0 Å². The van der Waals surface area contributed by atoms with Gasteiger partial charge in [0.05, 0.1) is 11.4 Å². The van der Waals surface area contributed by atoms with Crippen molar-refractivity contribution >= 4 is 22.1 Å². The Morgan fingerprint density at radius 1 is 1.71 bits per heavy atom. The molecule has 1 radical (unpaired) electrons. The maximum Gasteiger partial charge on any atom is 0.0841 e. The summed E-state index contributed by atoms with van der Waals surface area (Å²) in [6.07, 6.45) is 5.70. The van der Waals surface area contributed by atoms with Crippen LogP contribution < -0.4 is 0 Å². The zero-order valence-corrected chi connectivity index (χ0v) is 5.35. The van der Waals surface area contributed by atoms with E-state index in [-0.39, 0.29) is 0 Å². The molecular formula is C5H5BrN. The molecule has 7 heavy (non-hydrogen) atoms. The average molecular weight is 159 g/mol. The second-order valence-corrected chi connectivity index (χ2v) is 2.31. The van der Waals surface area contributed by atoms with Crippen LogP contribution >= 0.6 is 15.9 Å². The lowest BCUT2D eigenvalue weighted by molar-refractivity contribution is 1.16. The van der Waals surface area contributed by atoms with Gasteiger partial charge in [-0.15, -0.1) is 0 Å². The highest BCUT2D eigenvalue weighted by Crippen LogP contribution is 2.12. The van der Waals surface area contributed by atoms with Crippen molar-refractivity contribution in [3.8, 4) is 0 Å². The molecule has 0 N–H and O–H groups in total. The lowest BCUT2D eigenvalue weighted by Gasteiger charge is -1.98. The van der Waals surface area contributed by atoms with Crippen molar-refractivity contribution in [1.29, 1.82) is 0 Å². The maximum absolute atomic E-state index is 3.96. The lowest BCUT2D eigenvalue weighted by atomic mass is 10.3. The van der Waals surface area contributed by atoms with E-state index in [4.69, 9.17) is 0 Å². The molecule has 0 saturated carbocycles. The molecular weight excluding hydrogens is 154 g/mol. The van der Waals surface area contributed by atoms with Crippen molar-refractivity contribution in [2.45, 2.75) is 0 Å². The molecule has 1 heterocycles. The van der Waals surface area contributed by atoms with E-state index in [2.05, 4.69) is 20.9 Å². The Hall–Kier alpha value is -0.110. The zero-order chi connectivity index (χ0) is 5.11. The predicted molar refractivity (Wildman–Crippen MR) is 34.7 cm³/mol. The van der Waals surface area contributed by atoms with E-state index in [0.717, 1.165) is 11.4 Å². The largest absolute Gasteiger partial charge is 0.291 e.